The summed E-state index contributed by atoms with van der Waals surface area (Å²) in [6.07, 6.45) is 1.33. The first-order valence-electron chi connectivity index (χ1n) is 4.83. The van der Waals surface area contributed by atoms with Gasteiger partial charge in [-0.15, -0.1) is 11.3 Å². The van der Waals surface area contributed by atoms with E-state index in [9.17, 15) is 13.2 Å². The van der Waals surface area contributed by atoms with Crippen LogP contribution >= 0.6 is 43.2 Å². The smallest absolute Gasteiger partial charge is 0.345 e. The molecule has 0 aliphatic carbocycles. The van der Waals surface area contributed by atoms with Crippen molar-refractivity contribution >= 4 is 65.0 Å². The molecule has 0 aliphatic rings. The Morgan fingerprint density at radius 2 is 2.05 bits per heavy atom. The molecule has 2 N–H and O–H groups in total. The maximum Gasteiger partial charge on any atom is 0.345 e. The van der Waals surface area contributed by atoms with Crippen molar-refractivity contribution < 1.29 is 18.3 Å². The Labute approximate surface area is 134 Å². The molecule has 11 heteroatoms. The van der Waals surface area contributed by atoms with E-state index in [0.717, 1.165) is 0 Å². The van der Waals surface area contributed by atoms with Crippen molar-refractivity contribution in [2.45, 2.75) is 4.21 Å². The SMILES string of the molecule is O=C(O)c1ccc(S(=O)(=O)Nc2ncc(Br)nc2Br)s1. The van der Waals surface area contributed by atoms with E-state index in [1.807, 2.05) is 0 Å². The van der Waals surface area contributed by atoms with Gasteiger partial charge in [0.25, 0.3) is 10.0 Å². The number of rotatable bonds is 4. The standard InChI is InChI=1S/C9H5Br2N3O4S2/c10-5-3-12-8(7(11)13-5)14-20(17,18)6-2-1-4(19-6)9(15)16/h1-3H,(H,12,14)(H,15,16). The van der Waals surface area contributed by atoms with E-state index in [1.165, 1.54) is 18.3 Å². The van der Waals surface area contributed by atoms with Crippen LogP contribution in [-0.4, -0.2) is 29.5 Å². The van der Waals surface area contributed by atoms with Gasteiger partial charge in [0, 0.05) is 0 Å². The first kappa shape index (κ1) is 15.4. The highest BCUT2D eigenvalue weighted by Gasteiger charge is 2.21. The Morgan fingerprint density at radius 1 is 1.35 bits per heavy atom. The quantitative estimate of drug-likeness (QED) is 0.752. The topological polar surface area (TPSA) is 109 Å². The van der Waals surface area contributed by atoms with Gasteiger partial charge in [-0.25, -0.2) is 23.2 Å². The second kappa shape index (κ2) is 5.76. The first-order chi connectivity index (χ1) is 9.29. The fourth-order valence-electron chi connectivity index (χ4n) is 1.17. The molecule has 2 aromatic heterocycles. The van der Waals surface area contributed by atoms with Gasteiger partial charge in [-0.05, 0) is 44.0 Å². The number of hydrogen-bond acceptors (Lipinski definition) is 6. The Balaban J connectivity index is 2.33. The average Bonchev–Trinajstić information content (AvgIpc) is 2.83. The van der Waals surface area contributed by atoms with Crippen molar-refractivity contribution in [3.8, 4) is 0 Å². The molecule has 0 saturated carbocycles. The predicted octanol–water partition coefficient (Wildman–Crippen LogP) is 2.56. The zero-order valence-corrected chi connectivity index (χ0v) is 14.2. The lowest BCUT2D eigenvalue weighted by atomic mass is 10.5. The third-order valence-corrected chi connectivity index (χ3v) is 5.83. The Kier molecular flexibility index (Phi) is 4.42. The van der Waals surface area contributed by atoms with Crippen molar-refractivity contribution in [3.63, 3.8) is 0 Å². The van der Waals surface area contributed by atoms with Gasteiger partial charge in [0.15, 0.2) is 10.4 Å². The fourth-order valence-corrected chi connectivity index (χ4v) is 4.37. The number of thiophene rings is 1. The highest BCUT2D eigenvalue weighted by molar-refractivity contribution is 9.11. The molecule has 0 amide bonds. The molecule has 2 aromatic rings. The van der Waals surface area contributed by atoms with Gasteiger partial charge >= 0.3 is 5.97 Å². The summed E-state index contributed by atoms with van der Waals surface area (Å²) in [6, 6.07) is 2.44. The molecule has 0 aromatic carbocycles. The molecular weight excluding hydrogens is 438 g/mol. The minimum atomic E-state index is -3.90. The van der Waals surface area contributed by atoms with Crippen molar-refractivity contribution in [1.29, 1.82) is 0 Å². The molecule has 0 unspecified atom stereocenters. The molecular formula is C9H5Br2N3O4S2. The molecule has 0 fully saturated rings. The zero-order chi connectivity index (χ0) is 14.9. The number of carboxylic acids is 1. The van der Waals surface area contributed by atoms with Gasteiger partial charge < -0.3 is 5.11 Å². The number of anilines is 1. The van der Waals surface area contributed by atoms with Crippen LogP contribution in [-0.2, 0) is 10.0 Å². The highest BCUT2D eigenvalue weighted by atomic mass is 79.9. The Bertz CT molecular complexity index is 775. The van der Waals surface area contributed by atoms with Crippen LogP contribution in [0.15, 0.2) is 31.7 Å². The summed E-state index contributed by atoms with van der Waals surface area (Å²) < 4.78 is 26.9. The van der Waals surface area contributed by atoms with E-state index >= 15 is 0 Å². The van der Waals surface area contributed by atoms with Gasteiger partial charge in [-0.3, -0.25) is 4.72 Å². The lowest BCUT2D eigenvalue weighted by molar-refractivity contribution is 0.0702. The normalized spacial score (nSPS) is 11.3. The Morgan fingerprint density at radius 3 is 2.60 bits per heavy atom. The van der Waals surface area contributed by atoms with Gasteiger partial charge in [-0.1, -0.05) is 0 Å². The third kappa shape index (κ3) is 3.34. The van der Waals surface area contributed by atoms with Gasteiger partial charge in [0.2, 0.25) is 0 Å². The van der Waals surface area contributed by atoms with Crippen LogP contribution in [0, 0.1) is 0 Å². The van der Waals surface area contributed by atoms with E-state index in [-0.39, 0.29) is 19.5 Å². The average molecular weight is 443 g/mol. The lowest BCUT2D eigenvalue weighted by Crippen LogP contribution is -2.13. The number of hydrogen-bond donors (Lipinski definition) is 2. The number of nitrogens with zero attached hydrogens (tertiary/aromatic N) is 2. The molecule has 0 aliphatic heterocycles. The van der Waals surface area contributed by atoms with E-state index in [1.54, 1.807) is 0 Å². The molecule has 20 heavy (non-hydrogen) atoms. The number of sulfonamides is 1. The van der Waals surface area contributed by atoms with E-state index < -0.39 is 16.0 Å². The van der Waals surface area contributed by atoms with Crippen LogP contribution < -0.4 is 4.72 Å². The largest absolute Gasteiger partial charge is 0.477 e. The van der Waals surface area contributed by atoms with Gasteiger partial charge in [0.1, 0.15) is 13.7 Å². The Hall–Kier alpha value is -1.04. The number of carboxylic acid groups (broad SMARTS) is 1. The lowest BCUT2D eigenvalue weighted by Gasteiger charge is -2.06. The van der Waals surface area contributed by atoms with E-state index in [4.69, 9.17) is 5.11 Å². The monoisotopic (exact) mass is 441 g/mol. The molecule has 0 saturated heterocycles. The maximum absolute atomic E-state index is 12.1. The van der Waals surface area contributed by atoms with Crippen LogP contribution in [0.3, 0.4) is 0 Å². The predicted molar refractivity (Wildman–Crippen MR) is 79.5 cm³/mol. The van der Waals surface area contributed by atoms with Crippen LogP contribution in [0.25, 0.3) is 0 Å². The van der Waals surface area contributed by atoms with Crippen molar-refractivity contribution in [3.05, 3.63) is 32.4 Å². The van der Waals surface area contributed by atoms with Crippen LogP contribution in [0.2, 0.25) is 0 Å². The van der Waals surface area contributed by atoms with Crippen molar-refractivity contribution in [2.24, 2.45) is 0 Å². The number of aromatic nitrogens is 2. The molecule has 0 atom stereocenters. The molecule has 2 heterocycles. The highest BCUT2D eigenvalue weighted by Crippen LogP contribution is 2.26. The molecule has 2 rings (SSSR count). The first-order valence-corrected chi connectivity index (χ1v) is 8.72. The third-order valence-electron chi connectivity index (χ3n) is 1.99. The van der Waals surface area contributed by atoms with Crippen LogP contribution in [0.1, 0.15) is 9.67 Å². The van der Waals surface area contributed by atoms with E-state index in [2.05, 4.69) is 46.5 Å². The number of aromatic carboxylic acids is 1. The molecule has 0 spiro atoms. The second-order valence-electron chi connectivity index (χ2n) is 3.36. The summed E-state index contributed by atoms with van der Waals surface area (Å²) >= 11 is 6.83. The van der Waals surface area contributed by atoms with Gasteiger partial charge in [-0.2, -0.15) is 0 Å². The van der Waals surface area contributed by atoms with Crippen LogP contribution in [0.4, 0.5) is 5.82 Å². The number of nitrogens with one attached hydrogen (secondary N) is 1. The van der Waals surface area contributed by atoms with Crippen LogP contribution in [0.5, 0.6) is 0 Å². The summed E-state index contributed by atoms with van der Waals surface area (Å²) in [5.74, 6) is -1.17. The summed E-state index contributed by atoms with van der Waals surface area (Å²) in [7, 11) is -3.90. The minimum absolute atomic E-state index is 0.0125. The minimum Gasteiger partial charge on any atom is -0.477 e. The fraction of sp³-hybridized carbons (Fsp3) is 0. The summed E-state index contributed by atoms with van der Waals surface area (Å²) in [5, 5.41) is 8.79. The summed E-state index contributed by atoms with van der Waals surface area (Å²) in [4.78, 5) is 18.5. The number of halogens is 2. The maximum atomic E-state index is 12.1. The van der Waals surface area contributed by atoms with Gasteiger partial charge in [0.05, 0.1) is 6.20 Å². The zero-order valence-electron chi connectivity index (χ0n) is 9.37. The molecule has 106 valence electrons. The second-order valence-corrected chi connectivity index (χ2v) is 7.92. The van der Waals surface area contributed by atoms with E-state index in [0.29, 0.717) is 15.9 Å². The van der Waals surface area contributed by atoms with Crippen molar-refractivity contribution in [1.82, 2.24) is 9.97 Å². The molecule has 7 nitrogen and oxygen atoms in total. The number of carbonyl (C=O) groups is 1. The summed E-state index contributed by atoms with van der Waals surface area (Å²) in [5.41, 5.74) is 0. The summed E-state index contributed by atoms with van der Waals surface area (Å²) in [6.45, 7) is 0. The molecule has 0 radical (unpaired) electrons. The molecule has 0 bridgehead atoms. The van der Waals surface area contributed by atoms with Crippen molar-refractivity contribution in [2.75, 3.05) is 4.72 Å².